The lowest BCUT2D eigenvalue weighted by Gasteiger charge is -2.08. The van der Waals surface area contributed by atoms with Gasteiger partial charge < -0.3 is 10.1 Å². The van der Waals surface area contributed by atoms with Crippen LogP contribution in [0.1, 0.15) is 39.2 Å². The second kappa shape index (κ2) is 8.16. The fourth-order valence-corrected chi connectivity index (χ4v) is 3.11. The summed E-state index contributed by atoms with van der Waals surface area (Å²) in [5.74, 6) is 0.0196. The number of benzene rings is 1. The van der Waals surface area contributed by atoms with E-state index in [1.165, 1.54) is 6.20 Å². The third-order valence-corrected chi connectivity index (χ3v) is 4.67. The summed E-state index contributed by atoms with van der Waals surface area (Å²) in [6, 6.07) is 12.6. The van der Waals surface area contributed by atoms with Crippen LogP contribution in [0.25, 0.3) is 11.3 Å². The molecule has 0 aliphatic carbocycles. The molecule has 0 atom stereocenters. The fourth-order valence-electron chi connectivity index (χ4n) is 3.11. The number of carbonyl (C=O) groups is 2. The van der Waals surface area contributed by atoms with Crippen LogP contribution in [-0.2, 0) is 11.3 Å². The lowest BCUT2D eigenvalue weighted by Crippen LogP contribution is -2.24. The zero-order chi connectivity index (χ0) is 21.1. The van der Waals surface area contributed by atoms with Crippen molar-refractivity contribution in [2.24, 2.45) is 0 Å². The van der Waals surface area contributed by atoms with Gasteiger partial charge in [-0.25, -0.2) is 9.48 Å². The second-order valence-electron chi connectivity index (χ2n) is 6.55. The number of carbonyl (C=O) groups excluding carboxylic acids is 2. The van der Waals surface area contributed by atoms with Crippen molar-refractivity contribution < 1.29 is 14.3 Å². The van der Waals surface area contributed by atoms with Gasteiger partial charge in [-0.2, -0.15) is 5.10 Å². The number of aromatic nitrogens is 5. The van der Waals surface area contributed by atoms with E-state index < -0.39 is 5.97 Å². The van der Waals surface area contributed by atoms with Crippen LogP contribution in [0.2, 0.25) is 0 Å². The van der Waals surface area contributed by atoms with E-state index in [1.54, 1.807) is 42.8 Å². The number of nitrogens with one attached hydrogen (secondary N) is 1. The molecule has 0 radical (unpaired) electrons. The Morgan fingerprint density at radius 3 is 2.67 bits per heavy atom. The molecule has 1 amide bonds. The highest BCUT2D eigenvalue weighted by Gasteiger charge is 2.16. The number of esters is 1. The van der Waals surface area contributed by atoms with Crippen LogP contribution >= 0.6 is 0 Å². The van der Waals surface area contributed by atoms with E-state index in [4.69, 9.17) is 4.74 Å². The molecule has 0 bridgehead atoms. The maximum atomic E-state index is 12.5. The number of fused-ring (bicyclic) bond motifs is 1. The Bertz CT molecular complexity index is 1210. The molecule has 4 aromatic rings. The Morgan fingerprint density at radius 1 is 1.10 bits per heavy atom. The normalized spacial score (nSPS) is 10.9. The van der Waals surface area contributed by atoms with Crippen LogP contribution in [0.4, 0.5) is 0 Å². The molecule has 152 valence electrons. The molecule has 0 fully saturated rings. The average Bonchev–Trinajstić information content (AvgIpc) is 3.36. The number of pyridine rings is 1. The van der Waals surface area contributed by atoms with Gasteiger partial charge in [0.15, 0.2) is 11.5 Å². The van der Waals surface area contributed by atoms with E-state index in [2.05, 4.69) is 20.6 Å². The van der Waals surface area contributed by atoms with Gasteiger partial charge in [0.05, 0.1) is 30.7 Å². The number of hydrogen-bond donors (Lipinski definition) is 1. The molecular weight excluding hydrogens is 384 g/mol. The molecule has 0 unspecified atom stereocenters. The van der Waals surface area contributed by atoms with Gasteiger partial charge in [0, 0.05) is 11.8 Å². The lowest BCUT2D eigenvalue weighted by molar-refractivity contribution is 0.0525. The van der Waals surface area contributed by atoms with Crippen LogP contribution in [0.15, 0.2) is 54.9 Å². The van der Waals surface area contributed by atoms with Gasteiger partial charge in [-0.1, -0.05) is 6.07 Å². The summed E-state index contributed by atoms with van der Waals surface area (Å²) in [7, 11) is 0. The number of ether oxygens (including phenoxy) is 1. The Kier molecular flexibility index (Phi) is 5.25. The molecule has 9 heteroatoms. The third-order valence-electron chi connectivity index (χ3n) is 4.67. The Labute approximate surface area is 172 Å². The maximum absolute atomic E-state index is 12.5. The van der Waals surface area contributed by atoms with E-state index in [9.17, 15) is 9.59 Å². The van der Waals surface area contributed by atoms with Crippen molar-refractivity contribution in [1.29, 1.82) is 0 Å². The monoisotopic (exact) mass is 404 g/mol. The number of nitrogens with zero attached hydrogens (tertiary/aromatic N) is 5. The minimum absolute atomic E-state index is 0.223. The molecule has 0 saturated heterocycles. The molecule has 9 nitrogen and oxygen atoms in total. The molecule has 3 aromatic heterocycles. The van der Waals surface area contributed by atoms with Gasteiger partial charge in [-0.05, 0) is 50.2 Å². The van der Waals surface area contributed by atoms with Gasteiger partial charge in [0.1, 0.15) is 5.56 Å². The first-order valence-electron chi connectivity index (χ1n) is 9.47. The molecular formula is C21H20N6O3. The first-order chi connectivity index (χ1) is 14.6. The number of amides is 1. The van der Waals surface area contributed by atoms with Crippen LogP contribution in [0.5, 0.6) is 0 Å². The summed E-state index contributed by atoms with van der Waals surface area (Å²) < 4.78 is 8.50. The van der Waals surface area contributed by atoms with Gasteiger partial charge in [-0.3, -0.25) is 9.20 Å². The molecule has 3 heterocycles. The predicted octanol–water partition coefficient (Wildman–Crippen LogP) is 2.33. The van der Waals surface area contributed by atoms with Crippen LogP contribution in [0.3, 0.4) is 0 Å². The SMILES string of the molecule is CCOC(=O)c1cnn(-c2ccc(C(=O)NCc3nnc4ccccn34)cc2)c1C. The summed E-state index contributed by atoms with van der Waals surface area (Å²) in [6.45, 7) is 4.11. The largest absolute Gasteiger partial charge is 0.462 e. The minimum atomic E-state index is -0.404. The fraction of sp³-hybridized carbons (Fsp3) is 0.190. The van der Waals surface area contributed by atoms with Crippen molar-refractivity contribution in [2.75, 3.05) is 6.61 Å². The molecule has 0 aliphatic heterocycles. The maximum Gasteiger partial charge on any atom is 0.341 e. The highest BCUT2D eigenvalue weighted by atomic mass is 16.5. The summed E-state index contributed by atoms with van der Waals surface area (Å²) in [5, 5.41) is 15.3. The molecule has 1 N–H and O–H groups in total. The first-order valence-corrected chi connectivity index (χ1v) is 9.47. The quantitative estimate of drug-likeness (QED) is 0.495. The molecule has 1 aromatic carbocycles. The number of rotatable bonds is 6. The van der Waals surface area contributed by atoms with Gasteiger partial charge in [0.25, 0.3) is 5.91 Å². The predicted molar refractivity (Wildman–Crippen MR) is 108 cm³/mol. The molecule has 0 spiro atoms. The highest BCUT2D eigenvalue weighted by molar-refractivity contribution is 5.94. The van der Waals surface area contributed by atoms with E-state index >= 15 is 0 Å². The Balaban J connectivity index is 1.46. The van der Waals surface area contributed by atoms with Crippen LogP contribution in [0, 0.1) is 6.92 Å². The zero-order valence-corrected chi connectivity index (χ0v) is 16.6. The molecule has 0 saturated carbocycles. The van der Waals surface area contributed by atoms with Crippen molar-refractivity contribution in [2.45, 2.75) is 20.4 Å². The van der Waals surface area contributed by atoms with Crippen molar-refractivity contribution >= 4 is 17.5 Å². The summed E-state index contributed by atoms with van der Waals surface area (Å²) in [4.78, 5) is 24.5. The van der Waals surface area contributed by atoms with Crippen molar-refractivity contribution in [1.82, 2.24) is 29.7 Å². The standard InChI is InChI=1S/C21H20N6O3/c1-3-30-21(29)17-12-23-27(14(17)2)16-9-7-15(8-10-16)20(28)22-13-19-25-24-18-6-4-5-11-26(18)19/h4-12H,3,13H2,1-2H3,(H,22,28). The highest BCUT2D eigenvalue weighted by Crippen LogP contribution is 2.16. The van der Waals surface area contributed by atoms with E-state index in [-0.39, 0.29) is 12.5 Å². The Hall–Kier alpha value is -4.01. The first kappa shape index (κ1) is 19.3. The van der Waals surface area contributed by atoms with E-state index in [0.29, 0.717) is 29.3 Å². The zero-order valence-electron chi connectivity index (χ0n) is 16.6. The molecule has 0 aliphatic rings. The summed E-state index contributed by atoms with van der Waals surface area (Å²) in [5.41, 5.74) is 3.05. The average molecular weight is 404 g/mol. The minimum Gasteiger partial charge on any atom is -0.462 e. The van der Waals surface area contributed by atoms with Crippen LogP contribution in [-0.4, -0.2) is 42.9 Å². The van der Waals surface area contributed by atoms with Crippen LogP contribution < -0.4 is 5.32 Å². The van der Waals surface area contributed by atoms with Crippen molar-refractivity contribution in [3.8, 4) is 5.69 Å². The summed E-state index contributed by atoms with van der Waals surface area (Å²) in [6.07, 6.45) is 3.33. The van der Waals surface area contributed by atoms with Gasteiger partial charge >= 0.3 is 5.97 Å². The van der Waals surface area contributed by atoms with E-state index in [0.717, 1.165) is 11.3 Å². The molecule has 30 heavy (non-hydrogen) atoms. The van der Waals surface area contributed by atoms with Crippen molar-refractivity contribution in [3.63, 3.8) is 0 Å². The van der Waals surface area contributed by atoms with Crippen molar-refractivity contribution in [3.05, 3.63) is 77.5 Å². The van der Waals surface area contributed by atoms with Gasteiger partial charge in [-0.15, -0.1) is 10.2 Å². The third kappa shape index (κ3) is 3.64. The smallest absolute Gasteiger partial charge is 0.341 e. The van der Waals surface area contributed by atoms with E-state index in [1.807, 2.05) is 28.8 Å². The summed E-state index contributed by atoms with van der Waals surface area (Å²) >= 11 is 0. The second-order valence-corrected chi connectivity index (χ2v) is 6.55. The topological polar surface area (TPSA) is 103 Å². The Morgan fingerprint density at radius 2 is 1.90 bits per heavy atom. The number of hydrogen-bond acceptors (Lipinski definition) is 6. The lowest BCUT2D eigenvalue weighted by atomic mass is 10.2. The van der Waals surface area contributed by atoms with Gasteiger partial charge in [0.2, 0.25) is 0 Å². The molecule has 4 rings (SSSR count).